The zero-order chi connectivity index (χ0) is 33.0. The third-order valence-corrected chi connectivity index (χ3v) is 9.58. The van der Waals surface area contributed by atoms with Gasteiger partial charge in [-0.05, 0) is 54.8 Å². The molecule has 1 saturated heterocycles. The van der Waals surface area contributed by atoms with Crippen molar-refractivity contribution in [3.63, 3.8) is 0 Å². The SMILES string of the molecule is CCCCC1(CCCC)c2ccccc2C(=O)N1c1cccc(-c2cn(C)c(=O)c(Nc3ccc(N4CCOCC4)cc3)n2)c1CO. The first kappa shape index (κ1) is 32.5. The van der Waals surface area contributed by atoms with Crippen LogP contribution in [0.5, 0.6) is 0 Å². The molecule has 0 radical (unpaired) electrons. The van der Waals surface area contributed by atoms with Crippen LogP contribution in [-0.2, 0) is 23.9 Å². The summed E-state index contributed by atoms with van der Waals surface area (Å²) in [5.41, 5.74) is 5.35. The van der Waals surface area contributed by atoms with Crippen LogP contribution in [0.2, 0.25) is 0 Å². The number of aromatic nitrogens is 2. The van der Waals surface area contributed by atoms with Gasteiger partial charge in [0.1, 0.15) is 0 Å². The van der Waals surface area contributed by atoms with Gasteiger partial charge in [0, 0.05) is 54.4 Å². The molecule has 1 fully saturated rings. The van der Waals surface area contributed by atoms with Gasteiger partial charge in [-0.25, -0.2) is 4.98 Å². The number of fused-ring (bicyclic) bond motifs is 1. The summed E-state index contributed by atoms with van der Waals surface area (Å²) in [4.78, 5) is 36.6. The maximum Gasteiger partial charge on any atom is 0.293 e. The minimum Gasteiger partial charge on any atom is -0.392 e. The number of hydrogen-bond acceptors (Lipinski definition) is 7. The number of ether oxygens (including phenoxy) is 1. The van der Waals surface area contributed by atoms with Gasteiger partial charge in [0.2, 0.25) is 0 Å². The standard InChI is InChI=1S/C38H45N5O4/c1-4-6-19-38(20-7-5-2)32-13-9-8-11-30(32)36(45)43(38)34-14-10-12-29(31(34)26-44)33-25-41(3)37(46)35(40-33)39-27-15-17-28(18-16-27)42-21-23-47-24-22-42/h8-18,25,44H,4-7,19-24,26H2,1-3H3,(H,39,40). The third-order valence-electron chi connectivity index (χ3n) is 9.58. The van der Waals surface area contributed by atoms with Crippen molar-refractivity contribution in [3.8, 4) is 11.3 Å². The lowest BCUT2D eigenvalue weighted by Gasteiger charge is -2.41. The molecule has 6 rings (SSSR count). The first-order valence-electron chi connectivity index (χ1n) is 16.9. The molecule has 0 spiro atoms. The molecule has 0 atom stereocenters. The monoisotopic (exact) mass is 635 g/mol. The maximum absolute atomic E-state index is 14.3. The van der Waals surface area contributed by atoms with Gasteiger partial charge in [-0.3, -0.25) is 14.5 Å². The summed E-state index contributed by atoms with van der Waals surface area (Å²) in [5.74, 6) is 0.138. The van der Waals surface area contributed by atoms with Gasteiger partial charge in [-0.2, -0.15) is 0 Å². The molecule has 3 aromatic carbocycles. The summed E-state index contributed by atoms with van der Waals surface area (Å²) < 4.78 is 6.98. The van der Waals surface area contributed by atoms with E-state index in [1.807, 2.05) is 65.6 Å². The maximum atomic E-state index is 14.3. The van der Waals surface area contributed by atoms with Gasteiger partial charge in [0.25, 0.3) is 11.5 Å². The van der Waals surface area contributed by atoms with Crippen molar-refractivity contribution in [2.45, 2.75) is 64.5 Å². The van der Waals surface area contributed by atoms with E-state index in [0.717, 1.165) is 74.1 Å². The van der Waals surface area contributed by atoms with E-state index < -0.39 is 5.54 Å². The van der Waals surface area contributed by atoms with Crippen molar-refractivity contribution in [1.82, 2.24) is 9.55 Å². The van der Waals surface area contributed by atoms with Crippen LogP contribution in [0.25, 0.3) is 11.3 Å². The number of amides is 1. The van der Waals surface area contributed by atoms with E-state index in [-0.39, 0.29) is 23.9 Å². The molecule has 246 valence electrons. The van der Waals surface area contributed by atoms with E-state index in [1.54, 1.807) is 13.2 Å². The van der Waals surface area contributed by atoms with E-state index in [4.69, 9.17) is 9.72 Å². The molecule has 0 bridgehead atoms. The van der Waals surface area contributed by atoms with Gasteiger partial charge >= 0.3 is 0 Å². The highest BCUT2D eigenvalue weighted by Gasteiger charge is 2.49. The Kier molecular flexibility index (Phi) is 9.75. The largest absolute Gasteiger partial charge is 0.392 e. The predicted octanol–water partition coefficient (Wildman–Crippen LogP) is 6.76. The Bertz CT molecular complexity index is 1770. The van der Waals surface area contributed by atoms with Crippen molar-refractivity contribution in [1.29, 1.82) is 0 Å². The third kappa shape index (κ3) is 6.17. The number of unbranched alkanes of at least 4 members (excludes halogenated alkanes) is 2. The van der Waals surface area contributed by atoms with Crippen molar-refractivity contribution in [3.05, 3.63) is 100.0 Å². The van der Waals surface area contributed by atoms with Crippen molar-refractivity contribution in [2.24, 2.45) is 7.05 Å². The number of aryl methyl sites for hydroxylation is 1. The Hall–Kier alpha value is -4.47. The highest BCUT2D eigenvalue weighted by Crippen LogP contribution is 2.50. The molecule has 0 unspecified atom stereocenters. The lowest BCUT2D eigenvalue weighted by Crippen LogP contribution is -2.44. The molecule has 4 aromatic rings. The van der Waals surface area contributed by atoms with Crippen LogP contribution in [0.1, 0.15) is 73.9 Å². The molecule has 1 amide bonds. The molecule has 9 heteroatoms. The van der Waals surface area contributed by atoms with E-state index in [2.05, 4.69) is 30.1 Å². The molecule has 0 saturated carbocycles. The summed E-state index contributed by atoms with van der Waals surface area (Å²) in [7, 11) is 1.70. The fourth-order valence-electron chi connectivity index (χ4n) is 7.13. The second-order valence-electron chi connectivity index (χ2n) is 12.5. The second-order valence-corrected chi connectivity index (χ2v) is 12.5. The van der Waals surface area contributed by atoms with Crippen LogP contribution >= 0.6 is 0 Å². The number of aliphatic hydroxyl groups excluding tert-OH is 1. The number of morpholine rings is 1. The van der Waals surface area contributed by atoms with Crippen LogP contribution in [0.3, 0.4) is 0 Å². The first-order valence-corrected chi connectivity index (χ1v) is 16.9. The minimum atomic E-state index is -0.515. The highest BCUT2D eigenvalue weighted by molar-refractivity contribution is 6.12. The van der Waals surface area contributed by atoms with Gasteiger partial charge < -0.3 is 24.6 Å². The van der Waals surface area contributed by atoms with Gasteiger partial charge in [0.15, 0.2) is 5.82 Å². The zero-order valence-electron chi connectivity index (χ0n) is 27.7. The number of carbonyl (C=O) groups is 1. The molecular weight excluding hydrogens is 590 g/mol. The summed E-state index contributed by atoms with van der Waals surface area (Å²) in [6, 6.07) is 21.7. The number of nitrogens with zero attached hydrogens (tertiary/aromatic N) is 4. The van der Waals surface area contributed by atoms with Gasteiger partial charge in [0.05, 0.1) is 36.7 Å². The lowest BCUT2D eigenvalue weighted by atomic mass is 9.80. The summed E-state index contributed by atoms with van der Waals surface area (Å²) in [6.45, 7) is 7.17. The smallest absolute Gasteiger partial charge is 0.293 e. The van der Waals surface area contributed by atoms with Crippen LogP contribution in [0, 0.1) is 0 Å². The topological polar surface area (TPSA) is 99.9 Å². The molecule has 47 heavy (non-hydrogen) atoms. The van der Waals surface area contributed by atoms with Crippen LogP contribution in [0.15, 0.2) is 77.7 Å². The van der Waals surface area contributed by atoms with Crippen LogP contribution in [0.4, 0.5) is 22.9 Å². The molecule has 2 N–H and O–H groups in total. The van der Waals surface area contributed by atoms with E-state index in [1.165, 1.54) is 4.57 Å². The lowest BCUT2D eigenvalue weighted by molar-refractivity contribution is 0.0970. The van der Waals surface area contributed by atoms with E-state index in [9.17, 15) is 14.7 Å². The molecule has 2 aliphatic heterocycles. The number of hydrogen-bond donors (Lipinski definition) is 2. The zero-order valence-corrected chi connectivity index (χ0v) is 27.7. The summed E-state index contributed by atoms with van der Waals surface area (Å²) in [5, 5.41) is 14.2. The fraction of sp³-hybridized carbons (Fsp3) is 0.395. The number of benzene rings is 3. The fourth-order valence-corrected chi connectivity index (χ4v) is 7.13. The minimum absolute atomic E-state index is 0.0454. The second kappa shape index (κ2) is 14.1. The van der Waals surface area contributed by atoms with Crippen molar-refractivity contribution >= 4 is 28.8 Å². The molecule has 3 heterocycles. The first-order chi connectivity index (χ1) is 22.9. The van der Waals surface area contributed by atoms with Crippen LogP contribution < -0.4 is 20.7 Å². The Balaban J connectivity index is 1.40. The summed E-state index contributed by atoms with van der Waals surface area (Å²) in [6.07, 6.45) is 7.32. The van der Waals surface area contributed by atoms with Gasteiger partial charge in [-0.15, -0.1) is 0 Å². The molecule has 9 nitrogen and oxygen atoms in total. The molecule has 2 aliphatic rings. The van der Waals surface area contributed by atoms with Crippen molar-refractivity contribution in [2.75, 3.05) is 41.4 Å². The quantitative estimate of drug-likeness (QED) is 0.178. The van der Waals surface area contributed by atoms with Crippen LogP contribution in [-0.4, -0.2) is 46.9 Å². The van der Waals surface area contributed by atoms with E-state index >= 15 is 0 Å². The molecular formula is C38H45N5O4. The molecule has 0 aliphatic carbocycles. The Morgan fingerprint density at radius 3 is 2.26 bits per heavy atom. The molecule has 1 aromatic heterocycles. The number of nitrogens with one attached hydrogen (secondary N) is 1. The Morgan fingerprint density at radius 1 is 0.894 bits per heavy atom. The number of aliphatic hydroxyl groups is 1. The number of rotatable bonds is 12. The van der Waals surface area contributed by atoms with Crippen molar-refractivity contribution < 1.29 is 14.6 Å². The van der Waals surface area contributed by atoms with E-state index in [0.29, 0.717) is 35.7 Å². The predicted molar refractivity (Wildman–Crippen MR) is 188 cm³/mol. The Morgan fingerprint density at radius 2 is 1.57 bits per heavy atom. The summed E-state index contributed by atoms with van der Waals surface area (Å²) >= 11 is 0. The number of anilines is 4. The van der Waals surface area contributed by atoms with Gasteiger partial charge in [-0.1, -0.05) is 69.9 Å². The normalized spacial score (nSPS) is 15.6. The average Bonchev–Trinajstić information content (AvgIpc) is 3.35. The highest BCUT2D eigenvalue weighted by atomic mass is 16.5. The number of carbonyl (C=O) groups excluding carboxylic acids is 1. The Labute approximate surface area is 276 Å². The average molecular weight is 636 g/mol.